The summed E-state index contributed by atoms with van der Waals surface area (Å²) in [5.74, 6) is -1.29. The van der Waals surface area contributed by atoms with Crippen LogP contribution in [0.2, 0.25) is 0 Å². The number of fused-ring (bicyclic) bond motifs is 2. The maximum Gasteiger partial charge on any atom is 0.370 e. The molecule has 97 heavy (non-hydrogen) atoms. The Labute approximate surface area is 652 Å². The van der Waals surface area contributed by atoms with Crippen LogP contribution < -0.4 is 0 Å². The molecule has 14 rings (SSSR count). The Balaban J connectivity index is 0.000000302. The summed E-state index contributed by atoms with van der Waals surface area (Å²) in [5, 5.41) is 9.45. The molecule has 0 fully saturated rings. The van der Waals surface area contributed by atoms with Crippen molar-refractivity contribution < 1.29 is 143 Å². The summed E-state index contributed by atoms with van der Waals surface area (Å²) in [6, 6.07) is 81.0. The first-order valence-electron chi connectivity index (χ1n) is 28.7. The van der Waals surface area contributed by atoms with E-state index in [1.165, 1.54) is 42.7 Å². The normalized spacial score (nSPS) is 10.3. The SMILES string of the molecule is CC(C)(C)c1cc[c-]c(-c2ccccn2)c1.CC(C)(C)c1cc[c-]c(-c2nccc3ccccc23)c1.FC(F)(F)c1c[c-]c(-n2cccn2)cc1.Fc1c[c-]c(-c2ccccn2)c(F)c1.[Ir].[Ir].[Ir].[Ir].[Ir].[Ir].[c-]1c(-c2ccccn2)sc2ccccc12.[c-]1ccsc1-c1ccccn1. The molecule has 0 aliphatic heterocycles. The molecule has 0 atom stereocenters. The Kier molecular flexibility index (Phi) is 36.2. The largest absolute Gasteiger partial charge is 0.370 e. The van der Waals surface area contributed by atoms with E-state index in [0.717, 1.165) is 67.9 Å². The molecule has 8 aromatic heterocycles. The second kappa shape index (κ2) is 41.3. The molecule has 14 aromatic rings. The molecule has 0 unspecified atom stereocenters. The monoisotopic (exact) mass is 2400 g/mol. The molecule has 0 N–H and O–H groups in total. The van der Waals surface area contributed by atoms with Crippen LogP contribution >= 0.6 is 22.7 Å². The molecule has 0 spiro atoms. The van der Waals surface area contributed by atoms with Gasteiger partial charge in [-0.3, -0.25) is 13.5 Å². The van der Waals surface area contributed by atoms with Crippen LogP contribution in [0.15, 0.2) is 255 Å². The van der Waals surface area contributed by atoms with Crippen molar-refractivity contribution in [2.75, 3.05) is 0 Å². The number of nitrogens with zero attached hydrogens (tertiary/aromatic N) is 7. The molecule has 0 aliphatic rings. The fraction of sp³-hybridized carbons (Fsp3) is 0.117. The fourth-order valence-electron chi connectivity index (χ4n) is 8.71. The van der Waals surface area contributed by atoms with Gasteiger partial charge >= 0.3 is 6.18 Å². The van der Waals surface area contributed by atoms with Crippen LogP contribution in [0.4, 0.5) is 22.0 Å². The van der Waals surface area contributed by atoms with Gasteiger partial charge in [-0.2, -0.15) is 48.6 Å². The van der Waals surface area contributed by atoms with Gasteiger partial charge in [-0.15, -0.1) is 118 Å². The van der Waals surface area contributed by atoms with Crippen LogP contribution in [-0.4, -0.2) is 34.7 Å². The first kappa shape index (κ1) is 85.0. The minimum Gasteiger partial charge on any atom is -0.319 e. The number of thiophene rings is 2. The maximum absolute atomic E-state index is 13.2. The van der Waals surface area contributed by atoms with Crippen LogP contribution in [0.1, 0.15) is 58.2 Å². The molecular formula is C77H60F5Ir6N7S2-6. The average Bonchev–Trinajstić information content (AvgIpc) is 1.76. The number of halogens is 5. The summed E-state index contributed by atoms with van der Waals surface area (Å²) >= 11 is 3.39. The maximum atomic E-state index is 13.2. The molecule has 510 valence electrons. The zero-order chi connectivity index (χ0) is 64.2. The van der Waals surface area contributed by atoms with Crippen LogP contribution in [0, 0.1) is 48.0 Å². The molecular weight excluding hydrogens is 2340 g/mol. The average molecular weight is 2400 g/mol. The van der Waals surface area contributed by atoms with Gasteiger partial charge in [0.1, 0.15) is 0 Å². The summed E-state index contributed by atoms with van der Waals surface area (Å²) in [5.41, 5.74) is 9.44. The van der Waals surface area contributed by atoms with Gasteiger partial charge in [-0.05, 0) is 96.0 Å². The van der Waals surface area contributed by atoms with E-state index in [0.29, 0.717) is 11.4 Å². The molecule has 0 bridgehead atoms. The summed E-state index contributed by atoms with van der Waals surface area (Å²) in [4.78, 5) is 23.6. The zero-order valence-corrected chi connectivity index (χ0v) is 68.6. The van der Waals surface area contributed by atoms with E-state index in [1.807, 2.05) is 109 Å². The van der Waals surface area contributed by atoms with E-state index in [2.05, 4.69) is 175 Å². The summed E-state index contributed by atoms with van der Waals surface area (Å²) < 4.78 is 65.2. The van der Waals surface area contributed by atoms with Gasteiger partial charge in [0.2, 0.25) is 0 Å². The van der Waals surface area contributed by atoms with Crippen LogP contribution in [0.25, 0.3) is 81.5 Å². The van der Waals surface area contributed by atoms with Crippen LogP contribution in [0.5, 0.6) is 0 Å². The van der Waals surface area contributed by atoms with Gasteiger partial charge in [0, 0.05) is 181 Å². The van der Waals surface area contributed by atoms with E-state index in [9.17, 15) is 22.0 Å². The van der Waals surface area contributed by atoms with Gasteiger partial charge in [0.05, 0.1) is 0 Å². The number of hydrogen-bond acceptors (Lipinski definition) is 8. The molecule has 6 radical (unpaired) electrons. The number of hydrogen-bond donors (Lipinski definition) is 0. The Morgan fingerprint density at radius 3 is 1.53 bits per heavy atom. The molecule has 0 aliphatic carbocycles. The predicted octanol–water partition coefficient (Wildman–Crippen LogP) is 20.7. The van der Waals surface area contributed by atoms with E-state index in [4.69, 9.17) is 0 Å². The van der Waals surface area contributed by atoms with Gasteiger partial charge < -0.3 is 24.9 Å². The molecule has 0 saturated carbocycles. The standard InChI is InChI=1S/C19H18N.C15H16N.C13H8NS.C11H6F2N.C10H6F3N2.C9H6NS.6Ir/c1-19(2,3)16-9-6-8-15(13-16)18-17-10-5-4-7-14(17)11-12-20-18;1-15(2,3)13-8-6-7-12(11-13)14-9-4-5-10-16-14;1-2-7-12-10(5-1)9-13(15-12)11-6-3-4-8-14-11;12-8-4-5-9(10(13)7-8)11-3-1-2-6-14-11;11-10(12,13)8-2-4-9(5-3-8)15-7-1-6-14-15;1-2-6-10-8(4-1)9-5-3-7-11-9;;;;;;/h4-7,9-13H,1-3H3;4-6,8-11H,1-3H3;1-8H;1-4,6-7H;1-4,6-7H;1-4,6-7H;;;;;;/q6*-1;;;;;;. The predicted molar refractivity (Wildman–Crippen MR) is 358 cm³/mol. The van der Waals surface area contributed by atoms with Crippen molar-refractivity contribution in [1.29, 1.82) is 0 Å². The number of aromatic nitrogens is 7. The number of alkyl halides is 3. The number of pyridine rings is 5. The fourth-order valence-corrected chi connectivity index (χ4v) is 10.3. The molecule has 0 saturated heterocycles. The second-order valence-corrected chi connectivity index (χ2v) is 24.1. The van der Waals surface area contributed by atoms with Crippen LogP contribution in [-0.2, 0) is 138 Å². The van der Waals surface area contributed by atoms with Crippen LogP contribution in [0.3, 0.4) is 0 Å². The Morgan fingerprint density at radius 1 is 0.443 bits per heavy atom. The van der Waals surface area contributed by atoms with Gasteiger partial charge in [0.25, 0.3) is 0 Å². The van der Waals surface area contributed by atoms with Crippen molar-refractivity contribution >= 4 is 43.5 Å². The van der Waals surface area contributed by atoms with Crippen molar-refractivity contribution in [2.24, 2.45) is 0 Å². The first-order chi connectivity index (χ1) is 43.9. The number of benzene rings is 6. The van der Waals surface area contributed by atoms with Crippen molar-refractivity contribution in [3.8, 4) is 60.6 Å². The second-order valence-electron chi connectivity index (χ2n) is 22.1. The van der Waals surface area contributed by atoms with Gasteiger partial charge in [-0.1, -0.05) is 149 Å². The van der Waals surface area contributed by atoms with E-state index < -0.39 is 23.4 Å². The minimum atomic E-state index is -4.32. The van der Waals surface area contributed by atoms with E-state index in [1.54, 1.807) is 71.7 Å². The summed E-state index contributed by atoms with van der Waals surface area (Å²) in [6.07, 6.45) is 7.70. The Bertz CT molecular complexity index is 4470. The third-order valence-corrected chi connectivity index (χ3v) is 15.4. The minimum absolute atomic E-state index is 0. The van der Waals surface area contributed by atoms with E-state index >= 15 is 0 Å². The van der Waals surface area contributed by atoms with Crippen molar-refractivity contribution in [3.63, 3.8) is 0 Å². The zero-order valence-electron chi connectivity index (χ0n) is 52.6. The van der Waals surface area contributed by atoms with E-state index in [-0.39, 0.29) is 137 Å². The summed E-state index contributed by atoms with van der Waals surface area (Å²) in [6.45, 7) is 13.3. The van der Waals surface area contributed by atoms with Crippen molar-refractivity contribution in [1.82, 2.24) is 34.7 Å². The quantitative estimate of drug-likeness (QED) is 0.122. The third kappa shape index (κ3) is 25.5. The third-order valence-electron chi connectivity index (χ3n) is 13.5. The molecule has 0 amide bonds. The van der Waals surface area contributed by atoms with Crippen molar-refractivity contribution in [3.05, 3.63) is 320 Å². The summed E-state index contributed by atoms with van der Waals surface area (Å²) in [7, 11) is 0. The van der Waals surface area contributed by atoms with Gasteiger partial charge in [0.15, 0.2) is 0 Å². The first-order valence-corrected chi connectivity index (χ1v) is 30.4. The van der Waals surface area contributed by atoms with Crippen molar-refractivity contribution in [2.45, 2.75) is 58.5 Å². The smallest absolute Gasteiger partial charge is 0.319 e. The Morgan fingerprint density at radius 2 is 1.00 bits per heavy atom. The number of rotatable bonds is 6. The molecule has 8 heterocycles. The molecule has 6 aromatic carbocycles. The molecule has 7 nitrogen and oxygen atoms in total. The van der Waals surface area contributed by atoms with Gasteiger partial charge in [-0.25, -0.2) is 22.7 Å². The topological polar surface area (TPSA) is 82.3 Å². The Hall–Kier alpha value is -6.25. The molecule has 20 heteroatoms.